The Balaban J connectivity index is 2.19. The van der Waals surface area contributed by atoms with Crippen molar-refractivity contribution in [2.75, 3.05) is 0 Å². The predicted octanol–water partition coefficient (Wildman–Crippen LogP) is 6.41. The van der Waals surface area contributed by atoms with E-state index in [4.69, 9.17) is 16.3 Å². The molecule has 1 aromatic carbocycles. The van der Waals surface area contributed by atoms with Gasteiger partial charge in [-0.15, -0.1) is 0 Å². The van der Waals surface area contributed by atoms with E-state index in [9.17, 15) is 19.1 Å². The Morgan fingerprint density at radius 3 is 2.40 bits per heavy atom. The maximum Gasteiger partial charge on any atom is 0.337 e. The largest absolute Gasteiger partial charge is 0.479 e. The Hall–Kier alpha value is -2.51. The molecule has 0 bridgehead atoms. The lowest BCUT2D eigenvalue weighted by Gasteiger charge is -2.29. The quantitative estimate of drug-likeness (QED) is 0.474. The second-order valence-electron chi connectivity index (χ2n) is 10.4. The van der Waals surface area contributed by atoms with Crippen molar-refractivity contribution in [2.24, 2.45) is 5.92 Å². The van der Waals surface area contributed by atoms with Crippen LogP contribution in [0.2, 0.25) is 5.02 Å². The number of aromatic nitrogens is 1. The number of carbonyl (C=O) groups is 2. The van der Waals surface area contributed by atoms with Crippen LogP contribution in [0, 0.1) is 25.6 Å². The molecular weight excluding hydrogens is 471 g/mol. The minimum atomic E-state index is -1.40. The van der Waals surface area contributed by atoms with E-state index in [1.165, 1.54) is 12.1 Å². The smallest absolute Gasteiger partial charge is 0.337 e. The van der Waals surface area contributed by atoms with Crippen molar-refractivity contribution in [3.05, 3.63) is 51.6 Å². The van der Waals surface area contributed by atoms with Crippen LogP contribution in [0.25, 0.3) is 11.1 Å². The number of rotatable bonds is 6. The van der Waals surface area contributed by atoms with E-state index in [2.05, 4.69) is 17.2 Å². The summed E-state index contributed by atoms with van der Waals surface area (Å²) in [5.74, 6) is -1.56. The molecule has 1 atom stereocenters. The molecule has 1 aliphatic carbocycles. The molecular formula is C27H34ClFN2O4. The van der Waals surface area contributed by atoms with Crippen LogP contribution in [-0.4, -0.2) is 33.6 Å². The van der Waals surface area contributed by atoms with Crippen molar-refractivity contribution in [2.45, 2.75) is 85.0 Å². The molecule has 1 saturated carbocycles. The van der Waals surface area contributed by atoms with Gasteiger partial charge in [-0.05, 0) is 83.4 Å². The number of nitrogens with zero attached hydrogens (tertiary/aromatic N) is 1. The highest BCUT2D eigenvalue weighted by atomic mass is 35.5. The van der Waals surface area contributed by atoms with Crippen LogP contribution in [0.4, 0.5) is 4.39 Å². The molecule has 1 heterocycles. The number of pyridine rings is 1. The number of hydrogen-bond donors (Lipinski definition) is 2. The first-order valence-corrected chi connectivity index (χ1v) is 12.3. The summed E-state index contributed by atoms with van der Waals surface area (Å²) in [6.45, 7) is 10.8. The molecule has 2 N–H and O–H groups in total. The average Bonchev–Trinajstić information content (AvgIpc) is 2.76. The normalized spacial score (nSPS) is 19.3. The summed E-state index contributed by atoms with van der Waals surface area (Å²) in [5.41, 5.74) is 0.990. The van der Waals surface area contributed by atoms with Gasteiger partial charge in [-0.3, -0.25) is 4.79 Å². The Bertz CT molecular complexity index is 1120. The molecule has 0 spiro atoms. The monoisotopic (exact) mass is 504 g/mol. The van der Waals surface area contributed by atoms with Crippen molar-refractivity contribution in [1.29, 1.82) is 0 Å². The third-order valence-corrected chi connectivity index (χ3v) is 6.80. The van der Waals surface area contributed by atoms with Gasteiger partial charge in [0, 0.05) is 22.9 Å². The molecule has 0 saturated heterocycles. The summed E-state index contributed by atoms with van der Waals surface area (Å²) in [5, 5.41) is 13.0. The molecule has 2 aromatic rings. The number of benzene rings is 1. The SMILES string of the molecule is Cc1nc(C(=O)NC2CCC(C)CC2)c(C)c(-c2cccc(F)c2Cl)c1[C@H](OC(C)(C)C)C(=O)O. The number of carboxylic acid groups (broad SMARTS) is 1. The summed E-state index contributed by atoms with van der Waals surface area (Å²) in [6, 6.07) is 4.39. The number of carboxylic acids is 1. The minimum Gasteiger partial charge on any atom is -0.479 e. The number of halogens is 2. The van der Waals surface area contributed by atoms with Crippen LogP contribution >= 0.6 is 11.6 Å². The number of nitrogens with one attached hydrogen (secondary N) is 1. The third-order valence-electron chi connectivity index (χ3n) is 6.41. The zero-order chi connectivity index (χ0) is 26.1. The fraction of sp³-hybridized carbons (Fsp3) is 0.519. The zero-order valence-corrected chi connectivity index (χ0v) is 21.9. The molecule has 0 unspecified atom stereocenters. The zero-order valence-electron chi connectivity index (χ0n) is 21.2. The molecule has 190 valence electrons. The maximum atomic E-state index is 14.5. The van der Waals surface area contributed by atoms with Gasteiger partial charge in [-0.1, -0.05) is 30.7 Å². The first-order valence-electron chi connectivity index (χ1n) is 12.0. The molecule has 0 radical (unpaired) electrons. The lowest BCUT2D eigenvalue weighted by Crippen LogP contribution is -2.38. The van der Waals surface area contributed by atoms with Gasteiger partial charge < -0.3 is 15.2 Å². The van der Waals surface area contributed by atoms with Crippen molar-refractivity contribution < 1.29 is 23.8 Å². The second-order valence-corrected chi connectivity index (χ2v) is 10.8. The first-order chi connectivity index (χ1) is 16.3. The van der Waals surface area contributed by atoms with Gasteiger partial charge >= 0.3 is 5.97 Å². The fourth-order valence-electron chi connectivity index (χ4n) is 4.64. The van der Waals surface area contributed by atoms with E-state index in [0.717, 1.165) is 25.7 Å². The Labute approximate surface area is 211 Å². The standard InChI is InChI=1S/C27H34ClFN2O4/c1-14-10-12-17(13-11-14)31-25(32)23-15(2)20(18-8-7-9-19(29)22(18)28)21(16(3)30-23)24(26(33)34)35-27(4,5)6/h7-9,14,17,24H,10-13H2,1-6H3,(H,31,32)(H,33,34)/t14?,17?,24-/m0/s1. The van der Waals surface area contributed by atoms with Gasteiger partial charge in [0.25, 0.3) is 5.91 Å². The number of aliphatic carboxylic acids is 1. The first kappa shape index (κ1) is 27.1. The summed E-state index contributed by atoms with van der Waals surface area (Å²) in [7, 11) is 0. The summed E-state index contributed by atoms with van der Waals surface area (Å²) >= 11 is 6.36. The molecule has 3 rings (SSSR count). The molecule has 35 heavy (non-hydrogen) atoms. The Morgan fingerprint density at radius 1 is 1.20 bits per heavy atom. The van der Waals surface area contributed by atoms with E-state index in [-0.39, 0.29) is 33.8 Å². The molecule has 0 aliphatic heterocycles. The number of carbonyl (C=O) groups excluding carboxylic acids is 1. The number of amides is 1. The van der Waals surface area contributed by atoms with Gasteiger partial charge in [0.2, 0.25) is 0 Å². The lowest BCUT2D eigenvalue weighted by atomic mass is 9.87. The van der Waals surface area contributed by atoms with E-state index >= 15 is 0 Å². The number of ether oxygens (including phenoxy) is 1. The van der Waals surface area contributed by atoms with Gasteiger partial charge in [0.1, 0.15) is 11.5 Å². The third kappa shape index (κ3) is 6.19. The topological polar surface area (TPSA) is 88.5 Å². The molecule has 6 nitrogen and oxygen atoms in total. The van der Waals surface area contributed by atoms with Gasteiger partial charge in [-0.25, -0.2) is 14.2 Å². The van der Waals surface area contributed by atoms with E-state index in [1.54, 1.807) is 40.7 Å². The minimum absolute atomic E-state index is 0.0529. The molecule has 1 amide bonds. The summed E-state index contributed by atoms with van der Waals surface area (Å²) < 4.78 is 20.4. The van der Waals surface area contributed by atoms with Crippen LogP contribution in [0.15, 0.2) is 18.2 Å². The molecule has 1 aliphatic rings. The summed E-state index contributed by atoms with van der Waals surface area (Å²) in [4.78, 5) is 30.2. The van der Waals surface area contributed by atoms with Crippen LogP contribution in [0.5, 0.6) is 0 Å². The van der Waals surface area contributed by atoms with Gasteiger partial charge in [0.15, 0.2) is 6.10 Å². The van der Waals surface area contributed by atoms with Gasteiger partial charge in [-0.2, -0.15) is 0 Å². The molecule has 1 fully saturated rings. The van der Waals surface area contributed by atoms with E-state index in [1.807, 2.05) is 0 Å². The highest BCUT2D eigenvalue weighted by Crippen LogP contribution is 2.41. The lowest BCUT2D eigenvalue weighted by molar-refractivity contribution is -0.160. The average molecular weight is 505 g/mol. The van der Waals surface area contributed by atoms with E-state index < -0.39 is 23.5 Å². The van der Waals surface area contributed by atoms with Crippen LogP contribution < -0.4 is 5.32 Å². The van der Waals surface area contributed by atoms with Crippen molar-refractivity contribution in [1.82, 2.24) is 10.3 Å². The second kappa shape index (κ2) is 10.6. The highest BCUT2D eigenvalue weighted by molar-refractivity contribution is 6.33. The maximum absolute atomic E-state index is 14.5. The van der Waals surface area contributed by atoms with Crippen LogP contribution in [0.3, 0.4) is 0 Å². The predicted molar refractivity (Wildman–Crippen MR) is 134 cm³/mol. The highest BCUT2D eigenvalue weighted by Gasteiger charge is 2.34. The van der Waals surface area contributed by atoms with Crippen LogP contribution in [0.1, 0.15) is 86.8 Å². The van der Waals surface area contributed by atoms with E-state index in [0.29, 0.717) is 22.7 Å². The Kier molecular flexibility index (Phi) is 8.22. The number of aryl methyl sites for hydroxylation is 1. The Morgan fingerprint density at radius 2 is 1.83 bits per heavy atom. The van der Waals surface area contributed by atoms with Crippen molar-refractivity contribution in [3.63, 3.8) is 0 Å². The van der Waals surface area contributed by atoms with Crippen molar-refractivity contribution >= 4 is 23.5 Å². The number of hydrogen-bond acceptors (Lipinski definition) is 4. The molecule has 1 aromatic heterocycles. The van der Waals surface area contributed by atoms with Gasteiger partial charge in [0.05, 0.1) is 10.6 Å². The summed E-state index contributed by atoms with van der Waals surface area (Å²) in [6.07, 6.45) is 2.49. The fourth-order valence-corrected chi connectivity index (χ4v) is 4.86. The van der Waals surface area contributed by atoms with Crippen molar-refractivity contribution in [3.8, 4) is 11.1 Å². The molecule has 8 heteroatoms. The van der Waals surface area contributed by atoms with Crippen LogP contribution in [-0.2, 0) is 9.53 Å².